The highest BCUT2D eigenvalue weighted by molar-refractivity contribution is 6.12. The Bertz CT molecular complexity index is 1690. The SMILES string of the molecule is CC(=O)Oc1ccccc1C(=O)NC(=N)c1ccc(N2CC(CN3CCN(CC(OC(C)=O)C(=O)Oc4ccccc4)CC3)OC2=O)cc1. The van der Waals surface area contributed by atoms with Crippen LogP contribution in [0.25, 0.3) is 0 Å². The minimum absolute atomic E-state index is 0.0913. The molecule has 2 fully saturated rings. The van der Waals surface area contributed by atoms with Crippen molar-refractivity contribution in [3.05, 3.63) is 90.0 Å². The smallest absolute Gasteiger partial charge is 0.414 e. The molecule has 2 aliphatic heterocycles. The monoisotopic (exact) mass is 671 g/mol. The maximum atomic E-state index is 12.8. The lowest BCUT2D eigenvalue weighted by atomic mass is 10.1. The first-order chi connectivity index (χ1) is 23.5. The molecule has 2 N–H and O–H groups in total. The van der Waals surface area contributed by atoms with Crippen molar-refractivity contribution in [3.63, 3.8) is 0 Å². The van der Waals surface area contributed by atoms with Crippen LogP contribution in [-0.4, -0.2) is 104 Å². The van der Waals surface area contributed by atoms with Crippen molar-refractivity contribution >= 4 is 41.4 Å². The largest absolute Gasteiger partial charge is 0.449 e. The molecule has 2 heterocycles. The molecule has 2 saturated heterocycles. The van der Waals surface area contributed by atoms with Gasteiger partial charge in [-0.3, -0.25) is 34.5 Å². The van der Waals surface area contributed by atoms with Crippen molar-refractivity contribution in [2.24, 2.45) is 0 Å². The summed E-state index contributed by atoms with van der Waals surface area (Å²) >= 11 is 0. The topological polar surface area (TPSA) is 168 Å². The summed E-state index contributed by atoms with van der Waals surface area (Å²) in [5, 5.41) is 10.9. The van der Waals surface area contributed by atoms with Gasteiger partial charge in [0.2, 0.25) is 6.10 Å². The number of hydrogen-bond donors (Lipinski definition) is 2. The predicted molar refractivity (Wildman–Crippen MR) is 177 cm³/mol. The van der Waals surface area contributed by atoms with Crippen molar-refractivity contribution in [2.75, 3.05) is 50.7 Å². The van der Waals surface area contributed by atoms with Gasteiger partial charge in [0.15, 0.2) is 0 Å². The summed E-state index contributed by atoms with van der Waals surface area (Å²) in [6.45, 7) is 6.07. The summed E-state index contributed by atoms with van der Waals surface area (Å²) in [4.78, 5) is 67.1. The van der Waals surface area contributed by atoms with E-state index in [1.54, 1.807) is 66.7 Å². The number of amides is 2. The van der Waals surface area contributed by atoms with Crippen molar-refractivity contribution < 1.29 is 42.9 Å². The zero-order valence-corrected chi connectivity index (χ0v) is 27.1. The molecular weight excluding hydrogens is 634 g/mol. The minimum Gasteiger partial charge on any atom is -0.449 e. The lowest BCUT2D eigenvalue weighted by molar-refractivity contribution is -0.162. The third-order valence-corrected chi connectivity index (χ3v) is 7.85. The van der Waals surface area contributed by atoms with Crippen molar-refractivity contribution in [2.45, 2.75) is 26.1 Å². The summed E-state index contributed by atoms with van der Waals surface area (Å²) in [7, 11) is 0. The van der Waals surface area contributed by atoms with Crippen LogP contribution in [0, 0.1) is 5.41 Å². The number of esters is 3. The maximum absolute atomic E-state index is 12.8. The second kappa shape index (κ2) is 16.0. The standard InChI is InChI=1S/C35H37N5O9/c1-23(41)46-30-11-7-6-10-29(30)33(43)37-32(36)25-12-14-26(15-13-25)40-21-28(49-35(40)45)20-38-16-18-39(19-17-38)22-31(47-24(2)42)34(44)48-27-8-4-3-5-9-27/h3-15,28,31H,16-22H2,1-2H3,(H2,36,37,43). The quantitative estimate of drug-likeness (QED) is 0.133. The molecule has 0 radical (unpaired) electrons. The molecule has 2 atom stereocenters. The molecular formula is C35H37N5O9. The predicted octanol–water partition coefficient (Wildman–Crippen LogP) is 2.85. The number of carbonyl (C=O) groups excluding carboxylic acids is 5. The molecule has 14 heteroatoms. The van der Waals surface area contributed by atoms with Crippen molar-refractivity contribution in [1.82, 2.24) is 15.1 Å². The molecule has 256 valence electrons. The average Bonchev–Trinajstić information content (AvgIpc) is 3.44. The van der Waals surface area contributed by atoms with Gasteiger partial charge in [-0.2, -0.15) is 0 Å². The molecule has 0 aromatic heterocycles. The second-order valence-electron chi connectivity index (χ2n) is 11.5. The van der Waals surface area contributed by atoms with Crippen molar-refractivity contribution in [1.29, 1.82) is 5.41 Å². The Morgan fingerprint density at radius 1 is 0.857 bits per heavy atom. The summed E-state index contributed by atoms with van der Waals surface area (Å²) in [5.41, 5.74) is 1.11. The zero-order valence-electron chi connectivity index (χ0n) is 27.1. The van der Waals surface area contributed by atoms with Crippen LogP contribution in [-0.2, 0) is 23.9 Å². The fraction of sp³-hybridized carbons (Fsp3) is 0.314. The number of amidine groups is 1. The van der Waals surface area contributed by atoms with E-state index in [0.29, 0.717) is 56.3 Å². The number of benzene rings is 3. The maximum Gasteiger partial charge on any atom is 0.414 e. The van der Waals surface area contributed by atoms with E-state index in [1.807, 2.05) is 4.90 Å². The van der Waals surface area contributed by atoms with Crippen LogP contribution < -0.4 is 19.7 Å². The molecule has 2 amide bonds. The molecule has 0 spiro atoms. The van der Waals surface area contributed by atoms with Crippen LogP contribution in [0.5, 0.6) is 11.5 Å². The highest BCUT2D eigenvalue weighted by Gasteiger charge is 2.35. The lowest BCUT2D eigenvalue weighted by Crippen LogP contribution is -2.52. The van der Waals surface area contributed by atoms with Gasteiger partial charge in [-0.05, 0) is 48.5 Å². The van der Waals surface area contributed by atoms with E-state index in [0.717, 1.165) is 0 Å². The number of nitrogens with one attached hydrogen (secondary N) is 2. The number of ether oxygens (including phenoxy) is 4. The van der Waals surface area contributed by atoms with E-state index in [-0.39, 0.29) is 29.8 Å². The average molecular weight is 672 g/mol. The Morgan fingerprint density at radius 3 is 2.18 bits per heavy atom. The van der Waals surface area contributed by atoms with Crippen LogP contribution >= 0.6 is 0 Å². The molecule has 0 bridgehead atoms. The second-order valence-corrected chi connectivity index (χ2v) is 11.5. The number of rotatable bonds is 11. The number of hydrogen-bond acceptors (Lipinski definition) is 12. The normalized spacial score (nSPS) is 17.1. The third kappa shape index (κ3) is 9.49. The number of para-hydroxylation sites is 2. The molecule has 3 aromatic rings. The van der Waals surface area contributed by atoms with E-state index < -0.39 is 36.0 Å². The van der Waals surface area contributed by atoms with E-state index in [1.165, 1.54) is 30.9 Å². The van der Waals surface area contributed by atoms with E-state index in [9.17, 15) is 24.0 Å². The highest BCUT2D eigenvalue weighted by Crippen LogP contribution is 2.24. The van der Waals surface area contributed by atoms with Gasteiger partial charge in [0.25, 0.3) is 5.91 Å². The van der Waals surface area contributed by atoms with Gasteiger partial charge in [0, 0.05) is 64.4 Å². The molecule has 3 aromatic carbocycles. The number of cyclic esters (lactones) is 1. The molecule has 0 saturated carbocycles. The summed E-state index contributed by atoms with van der Waals surface area (Å²) in [5.74, 6) is -2.08. The molecule has 14 nitrogen and oxygen atoms in total. The summed E-state index contributed by atoms with van der Waals surface area (Å²) < 4.78 is 21.4. The highest BCUT2D eigenvalue weighted by atomic mass is 16.6. The minimum atomic E-state index is -1.07. The zero-order chi connectivity index (χ0) is 34.9. The number of anilines is 1. The van der Waals surface area contributed by atoms with Gasteiger partial charge < -0.3 is 24.3 Å². The fourth-order valence-electron chi connectivity index (χ4n) is 5.49. The van der Waals surface area contributed by atoms with Gasteiger partial charge >= 0.3 is 24.0 Å². The first-order valence-corrected chi connectivity index (χ1v) is 15.7. The Balaban J connectivity index is 1.09. The third-order valence-electron chi connectivity index (χ3n) is 7.85. The van der Waals surface area contributed by atoms with Crippen LogP contribution in [0.15, 0.2) is 78.9 Å². The van der Waals surface area contributed by atoms with Crippen LogP contribution in [0.4, 0.5) is 10.5 Å². The van der Waals surface area contributed by atoms with Crippen LogP contribution in [0.2, 0.25) is 0 Å². The first-order valence-electron chi connectivity index (χ1n) is 15.7. The van der Waals surface area contributed by atoms with E-state index in [2.05, 4.69) is 10.2 Å². The molecule has 2 aliphatic rings. The Kier molecular flexibility index (Phi) is 11.3. The van der Waals surface area contributed by atoms with E-state index in [4.69, 9.17) is 24.4 Å². The van der Waals surface area contributed by atoms with Crippen LogP contribution in [0.3, 0.4) is 0 Å². The molecule has 2 unspecified atom stereocenters. The summed E-state index contributed by atoms with van der Waals surface area (Å²) in [6, 6.07) is 21.4. The van der Waals surface area contributed by atoms with Crippen LogP contribution in [0.1, 0.15) is 29.8 Å². The van der Waals surface area contributed by atoms with Gasteiger partial charge in [-0.25, -0.2) is 9.59 Å². The Hall–Kier alpha value is -5.60. The summed E-state index contributed by atoms with van der Waals surface area (Å²) in [6.07, 6.45) is -1.92. The van der Waals surface area contributed by atoms with Gasteiger partial charge in [-0.1, -0.05) is 30.3 Å². The molecule has 49 heavy (non-hydrogen) atoms. The first kappa shape index (κ1) is 34.7. The van der Waals surface area contributed by atoms with E-state index >= 15 is 0 Å². The molecule has 5 rings (SSSR count). The number of nitrogens with zero attached hydrogens (tertiary/aromatic N) is 3. The number of carbonyl (C=O) groups is 5. The van der Waals surface area contributed by atoms with Crippen molar-refractivity contribution in [3.8, 4) is 11.5 Å². The van der Waals surface area contributed by atoms with Gasteiger partial charge in [0.1, 0.15) is 23.4 Å². The van der Waals surface area contributed by atoms with Gasteiger partial charge in [0.05, 0.1) is 12.1 Å². The molecule has 0 aliphatic carbocycles. The Morgan fingerprint density at radius 2 is 1.51 bits per heavy atom. The lowest BCUT2D eigenvalue weighted by Gasteiger charge is -2.36. The number of piperazine rings is 1. The fourth-order valence-corrected chi connectivity index (χ4v) is 5.49. The van der Waals surface area contributed by atoms with Gasteiger partial charge in [-0.15, -0.1) is 0 Å². The Labute approximate surface area is 283 Å².